The number of benzene rings is 1. The van der Waals surface area contributed by atoms with Crippen LogP contribution in [0, 0.1) is 5.92 Å². The minimum Gasteiger partial charge on any atom is -0.467 e. The average Bonchev–Trinajstić information content (AvgIpc) is 3.18. The van der Waals surface area contributed by atoms with E-state index in [2.05, 4.69) is 5.32 Å². The molecule has 1 aliphatic rings. The Bertz CT molecular complexity index is 777. The molecule has 2 heterocycles. The van der Waals surface area contributed by atoms with Crippen LogP contribution in [0.25, 0.3) is 0 Å². The highest BCUT2D eigenvalue weighted by Crippen LogP contribution is 2.27. The summed E-state index contributed by atoms with van der Waals surface area (Å²) in [6, 6.07) is 8.48. The van der Waals surface area contributed by atoms with Crippen LogP contribution in [0.2, 0.25) is 10.0 Å². The van der Waals surface area contributed by atoms with E-state index in [1.807, 2.05) is 13.0 Å². The van der Waals surface area contributed by atoms with E-state index in [1.165, 1.54) is 0 Å². The number of likely N-dealkylation sites (tertiary alicyclic amines) is 1. The van der Waals surface area contributed by atoms with Crippen LogP contribution in [0.5, 0.6) is 0 Å². The number of carbonyl (C=O) groups excluding carboxylic acids is 2. The van der Waals surface area contributed by atoms with E-state index in [0.29, 0.717) is 28.9 Å². The van der Waals surface area contributed by atoms with Crippen molar-refractivity contribution in [1.29, 1.82) is 0 Å². The third-order valence-corrected chi connectivity index (χ3v) is 4.86. The molecule has 0 bridgehead atoms. The summed E-state index contributed by atoms with van der Waals surface area (Å²) in [5.74, 6) is 0.120. The minimum absolute atomic E-state index is 0.0475. The first-order valence-corrected chi connectivity index (χ1v) is 8.75. The number of nitrogens with zero attached hydrogens (tertiary/aromatic N) is 1. The SMILES string of the molecule is CC(NC(=O)C1CC(=O)N(Cc2ccco2)C1)c1ccc(Cl)cc1Cl. The van der Waals surface area contributed by atoms with Crippen LogP contribution in [0.15, 0.2) is 41.0 Å². The fourth-order valence-corrected chi connectivity index (χ4v) is 3.53. The molecule has 1 saturated heterocycles. The van der Waals surface area contributed by atoms with E-state index in [4.69, 9.17) is 27.6 Å². The van der Waals surface area contributed by atoms with Crippen molar-refractivity contribution in [2.75, 3.05) is 6.54 Å². The second kappa shape index (κ2) is 7.50. The van der Waals surface area contributed by atoms with Gasteiger partial charge in [0.2, 0.25) is 11.8 Å². The number of hydrogen-bond acceptors (Lipinski definition) is 3. The zero-order valence-corrected chi connectivity index (χ0v) is 15.2. The standard InChI is InChI=1S/C18H18Cl2N2O3/c1-11(15-5-4-13(19)8-16(15)20)21-18(24)12-7-17(23)22(9-12)10-14-3-2-6-25-14/h2-6,8,11-12H,7,9-10H2,1H3,(H,21,24). The zero-order valence-electron chi connectivity index (χ0n) is 13.7. The number of carbonyl (C=O) groups is 2. The minimum atomic E-state index is -0.379. The van der Waals surface area contributed by atoms with Gasteiger partial charge in [-0.1, -0.05) is 29.3 Å². The highest BCUT2D eigenvalue weighted by Gasteiger charge is 2.35. The molecule has 2 atom stereocenters. The highest BCUT2D eigenvalue weighted by molar-refractivity contribution is 6.35. The van der Waals surface area contributed by atoms with Gasteiger partial charge in [-0.05, 0) is 36.8 Å². The lowest BCUT2D eigenvalue weighted by molar-refractivity contribution is -0.129. The number of nitrogens with one attached hydrogen (secondary N) is 1. The Hall–Kier alpha value is -1.98. The van der Waals surface area contributed by atoms with E-state index < -0.39 is 0 Å². The van der Waals surface area contributed by atoms with Gasteiger partial charge in [0.05, 0.1) is 24.8 Å². The van der Waals surface area contributed by atoms with Crippen LogP contribution in [0.4, 0.5) is 0 Å². The molecule has 5 nitrogen and oxygen atoms in total. The van der Waals surface area contributed by atoms with Gasteiger partial charge in [0.15, 0.2) is 0 Å². The molecule has 1 fully saturated rings. The van der Waals surface area contributed by atoms with Crippen molar-refractivity contribution in [1.82, 2.24) is 10.2 Å². The number of furan rings is 1. The first-order valence-electron chi connectivity index (χ1n) is 7.99. The van der Waals surface area contributed by atoms with Crippen molar-refractivity contribution in [3.8, 4) is 0 Å². The molecule has 0 saturated carbocycles. The molecule has 7 heteroatoms. The molecule has 2 unspecified atom stereocenters. The fourth-order valence-electron chi connectivity index (χ4n) is 2.95. The molecule has 0 spiro atoms. The first-order chi connectivity index (χ1) is 11.9. The Balaban J connectivity index is 1.60. The molecule has 25 heavy (non-hydrogen) atoms. The van der Waals surface area contributed by atoms with Crippen LogP contribution >= 0.6 is 23.2 Å². The predicted octanol–water partition coefficient (Wildman–Crippen LogP) is 3.81. The topological polar surface area (TPSA) is 62.6 Å². The van der Waals surface area contributed by atoms with Crippen molar-refractivity contribution >= 4 is 35.0 Å². The summed E-state index contributed by atoms with van der Waals surface area (Å²) in [6.45, 7) is 2.62. The maximum absolute atomic E-state index is 12.5. The molecular formula is C18H18Cl2N2O3. The summed E-state index contributed by atoms with van der Waals surface area (Å²) in [5, 5.41) is 3.98. The molecule has 3 rings (SSSR count). The maximum atomic E-state index is 12.5. The van der Waals surface area contributed by atoms with E-state index in [1.54, 1.807) is 35.4 Å². The van der Waals surface area contributed by atoms with Gasteiger partial charge in [0.1, 0.15) is 5.76 Å². The maximum Gasteiger partial charge on any atom is 0.225 e. The summed E-state index contributed by atoms with van der Waals surface area (Å²) in [6.07, 6.45) is 1.77. The van der Waals surface area contributed by atoms with Crippen LogP contribution in [-0.2, 0) is 16.1 Å². The van der Waals surface area contributed by atoms with Gasteiger partial charge in [-0.3, -0.25) is 9.59 Å². The lowest BCUT2D eigenvalue weighted by Gasteiger charge is -2.19. The van der Waals surface area contributed by atoms with E-state index in [9.17, 15) is 9.59 Å². The Labute approximate surface area is 155 Å². The molecule has 2 aromatic rings. The molecule has 1 N–H and O–H groups in total. The van der Waals surface area contributed by atoms with Gasteiger partial charge in [-0.15, -0.1) is 0 Å². The lowest BCUT2D eigenvalue weighted by atomic mass is 10.0. The normalized spacial score (nSPS) is 18.4. The summed E-state index contributed by atoms with van der Waals surface area (Å²) in [5.41, 5.74) is 0.788. The fraction of sp³-hybridized carbons (Fsp3) is 0.333. The van der Waals surface area contributed by atoms with Gasteiger partial charge >= 0.3 is 0 Å². The van der Waals surface area contributed by atoms with Crippen molar-refractivity contribution in [2.24, 2.45) is 5.92 Å². The number of halogens is 2. The Morgan fingerprint density at radius 3 is 2.88 bits per heavy atom. The van der Waals surface area contributed by atoms with Crippen LogP contribution in [-0.4, -0.2) is 23.3 Å². The second-order valence-electron chi connectivity index (χ2n) is 6.15. The van der Waals surface area contributed by atoms with Gasteiger partial charge in [-0.2, -0.15) is 0 Å². The zero-order chi connectivity index (χ0) is 18.0. The Morgan fingerprint density at radius 2 is 2.20 bits per heavy atom. The molecule has 1 aromatic carbocycles. The summed E-state index contributed by atoms with van der Waals surface area (Å²) in [7, 11) is 0. The van der Waals surface area contributed by atoms with Crippen molar-refractivity contribution in [2.45, 2.75) is 25.9 Å². The molecular weight excluding hydrogens is 363 g/mol. The molecule has 0 aliphatic carbocycles. The van der Waals surface area contributed by atoms with Crippen molar-refractivity contribution in [3.63, 3.8) is 0 Å². The largest absolute Gasteiger partial charge is 0.467 e. The average molecular weight is 381 g/mol. The predicted molar refractivity (Wildman–Crippen MR) is 95.3 cm³/mol. The van der Waals surface area contributed by atoms with Crippen LogP contribution < -0.4 is 5.32 Å². The van der Waals surface area contributed by atoms with E-state index in [0.717, 1.165) is 5.56 Å². The Kier molecular flexibility index (Phi) is 5.35. The summed E-state index contributed by atoms with van der Waals surface area (Å²) in [4.78, 5) is 26.3. The molecule has 132 valence electrons. The highest BCUT2D eigenvalue weighted by atomic mass is 35.5. The monoisotopic (exact) mass is 380 g/mol. The van der Waals surface area contributed by atoms with Crippen molar-refractivity contribution < 1.29 is 14.0 Å². The number of hydrogen-bond donors (Lipinski definition) is 1. The molecule has 1 aromatic heterocycles. The lowest BCUT2D eigenvalue weighted by Crippen LogP contribution is -2.34. The van der Waals surface area contributed by atoms with Gasteiger partial charge < -0.3 is 14.6 Å². The van der Waals surface area contributed by atoms with Crippen LogP contribution in [0.3, 0.4) is 0 Å². The van der Waals surface area contributed by atoms with E-state index >= 15 is 0 Å². The second-order valence-corrected chi connectivity index (χ2v) is 6.99. The molecule has 2 amide bonds. The number of rotatable bonds is 5. The molecule has 1 aliphatic heterocycles. The summed E-state index contributed by atoms with van der Waals surface area (Å²) < 4.78 is 5.26. The van der Waals surface area contributed by atoms with Gasteiger partial charge in [0, 0.05) is 23.0 Å². The Morgan fingerprint density at radius 1 is 1.40 bits per heavy atom. The third kappa shape index (κ3) is 4.17. The van der Waals surface area contributed by atoms with Crippen LogP contribution in [0.1, 0.15) is 30.7 Å². The quantitative estimate of drug-likeness (QED) is 0.857. The molecule has 0 radical (unpaired) electrons. The van der Waals surface area contributed by atoms with Gasteiger partial charge in [-0.25, -0.2) is 0 Å². The number of amides is 2. The summed E-state index contributed by atoms with van der Waals surface area (Å²) >= 11 is 12.1. The third-order valence-electron chi connectivity index (χ3n) is 4.30. The van der Waals surface area contributed by atoms with E-state index in [-0.39, 0.29) is 30.2 Å². The van der Waals surface area contributed by atoms with Gasteiger partial charge in [0.25, 0.3) is 0 Å². The van der Waals surface area contributed by atoms with Crippen molar-refractivity contribution in [3.05, 3.63) is 58.0 Å². The smallest absolute Gasteiger partial charge is 0.225 e. The first kappa shape index (κ1) is 17.8.